The van der Waals surface area contributed by atoms with Crippen LogP contribution in [0.1, 0.15) is 16.2 Å². The quantitative estimate of drug-likeness (QED) is 0.418. The maximum absolute atomic E-state index is 13.9. The summed E-state index contributed by atoms with van der Waals surface area (Å²) in [6.07, 6.45) is 4.95. The molecule has 4 heterocycles. The predicted molar refractivity (Wildman–Crippen MR) is 125 cm³/mol. The fourth-order valence-electron chi connectivity index (χ4n) is 3.56. The number of hydrogen-bond acceptors (Lipinski definition) is 7. The van der Waals surface area contributed by atoms with Crippen molar-refractivity contribution in [3.63, 3.8) is 0 Å². The van der Waals surface area contributed by atoms with Crippen molar-refractivity contribution in [2.45, 2.75) is 6.54 Å². The standard InChI is InChI=1S/C24H19FN8O/c1-33-11-8-18(32-33)21-20(15-6-7-17-14(12-15)4-2-9-27-17)30-22(23(26)31-21)24(34)29-13-19-16(25)5-3-10-28-19/h2-12H,13H2,1H3,(H2,26,31)(H,29,34). The van der Waals surface area contributed by atoms with E-state index in [-0.39, 0.29) is 23.8 Å². The van der Waals surface area contributed by atoms with Crippen molar-refractivity contribution in [3.8, 4) is 22.6 Å². The number of aromatic nitrogens is 6. The highest BCUT2D eigenvalue weighted by Crippen LogP contribution is 2.31. The lowest BCUT2D eigenvalue weighted by Crippen LogP contribution is -2.26. The second-order valence-electron chi connectivity index (χ2n) is 7.55. The summed E-state index contributed by atoms with van der Waals surface area (Å²) < 4.78 is 15.5. The molecule has 0 unspecified atom stereocenters. The zero-order valence-electron chi connectivity index (χ0n) is 18.1. The Morgan fingerprint density at radius 3 is 2.68 bits per heavy atom. The maximum atomic E-state index is 13.9. The van der Waals surface area contributed by atoms with E-state index in [4.69, 9.17) is 5.73 Å². The summed E-state index contributed by atoms with van der Waals surface area (Å²) in [6.45, 7) is -0.119. The first kappa shape index (κ1) is 21.1. The van der Waals surface area contributed by atoms with Crippen molar-refractivity contribution in [3.05, 3.63) is 84.3 Å². The molecule has 1 amide bonds. The Morgan fingerprint density at radius 2 is 1.88 bits per heavy atom. The van der Waals surface area contributed by atoms with Gasteiger partial charge in [0, 0.05) is 36.6 Å². The number of nitrogens with one attached hydrogen (secondary N) is 1. The number of benzene rings is 1. The Hall–Kier alpha value is -4.73. The number of amides is 1. The highest BCUT2D eigenvalue weighted by molar-refractivity contribution is 5.98. The molecule has 4 aromatic heterocycles. The molecule has 168 valence electrons. The van der Waals surface area contributed by atoms with Gasteiger partial charge in [-0.15, -0.1) is 0 Å². The molecule has 0 saturated carbocycles. The summed E-state index contributed by atoms with van der Waals surface area (Å²) in [5.74, 6) is -1.17. The third-order valence-electron chi connectivity index (χ3n) is 5.22. The van der Waals surface area contributed by atoms with Gasteiger partial charge in [-0.3, -0.25) is 19.4 Å². The molecular formula is C24H19FN8O. The summed E-state index contributed by atoms with van der Waals surface area (Å²) in [4.78, 5) is 30.3. The van der Waals surface area contributed by atoms with Gasteiger partial charge in [-0.1, -0.05) is 12.1 Å². The van der Waals surface area contributed by atoms with E-state index < -0.39 is 11.7 Å². The number of halogens is 1. The van der Waals surface area contributed by atoms with Gasteiger partial charge in [-0.25, -0.2) is 14.4 Å². The van der Waals surface area contributed by atoms with Gasteiger partial charge in [0.05, 0.1) is 23.4 Å². The highest BCUT2D eigenvalue weighted by atomic mass is 19.1. The van der Waals surface area contributed by atoms with Crippen LogP contribution in [0.5, 0.6) is 0 Å². The van der Waals surface area contributed by atoms with Crippen LogP contribution in [0.25, 0.3) is 33.5 Å². The van der Waals surface area contributed by atoms with E-state index in [1.54, 1.807) is 30.2 Å². The summed E-state index contributed by atoms with van der Waals surface area (Å²) in [5.41, 5.74) is 9.15. The fraction of sp³-hybridized carbons (Fsp3) is 0.0833. The minimum Gasteiger partial charge on any atom is -0.382 e. The van der Waals surface area contributed by atoms with Crippen LogP contribution < -0.4 is 11.1 Å². The third kappa shape index (κ3) is 4.04. The van der Waals surface area contributed by atoms with Crippen LogP contribution in [-0.2, 0) is 13.6 Å². The fourth-order valence-corrected chi connectivity index (χ4v) is 3.56. The molecule has 0 aliphatic rings. The monoisotopic (exact) mass is 454 g/mol. The first-order valence-corrected chi connectivity index (χ1v) is 10.4. The minimum absolute atomic E-state index is 0.0640. The molecule has 0 saturated heterocycles. The third-order valence-corrected chi connectivity index (χ3v) is 5.22. The summed E-state index contributed by atoms with van der Waals surface area (Å²) in [5, 5.41) is 7.95. The van der Waals surface area contributed by atoms with Crippen LogP contribution in [0.15, 0.2) is 67.1 Å². The molecule has 0 atom stereocenters. The molecule has 9 nitrogen and oxygen atoms in total. The van der Waals surface area contributed by atoms with Crippen molar-refractivity contribution in [2.75, 3.05) is 5.73 Å². The molecule has 0 aliphatic carbocycles. The number of aryl methyl sites for hydroxylation is 1. The average Bonchev–Trinajstić information content (AvgIpc) is 3.29. The number of fused-ring (bicyclic) bond motifs is 1. The smallest absolute Gasteiger partial charge is 0.274 e. The van der Waals surface area contributed by atoms with Gasteiger partial charge in [0.25, 0.3) is 5.91 Å². The Kier molecular flexibility index (Phi) is 5.38. The van der Waals surface area contributed by atoms with Crippen LogP contribution in [-0.4, -0.2) is 35.6 Å². The Labute approximate surface area is 193 Å². The summed E-state index contributed by atoms with van der Waals surface area (Å²) >= 11 is 0. The molecule has 10 heteroatoms. The number of rotatable bonds is 5. The Bertz CT molecular complexity index is 1530. The van der Waals surface area contributed by atoms with Crippen molar-refractivity contribution in [1.29, 1.82) is 0 Å². The Morgan fingerprint density at radius 1 is 1.06 bits per heavy atom. The molecular weight excluding hydrogens is 435 g/mol. The highest BCUT2D eigenvalue weighted by Gasteiger charge is 2.21. The molecule has 0 aliphatic heterocycles. The van der Waals surface area contributed by atoms with Gasteiger partial charge in [0.2, 0.25) is 0 Å². The number of nitrogens with zero attached hydrogens (tertiary/aromatic N) is 6. The maximum Gasteiger partial charge on any atom is 0.274 e. The van der Waals surface area contributed by atoms with Crippen LogP contribution in [0.4, 0.5) is 10.2 Å². The second kappa shape index (κ2) is 8.66. The van der Waals surface area contributed by atoms with Gasteiger partial charge in [-0.2, -0.15) is 5.10 Å². The molecule has 0 radical (unpaired) electrons. The summed E-state index contributed by atoms with van der Waals surface area (Å²) in [7, 11) is 1.79. The number of hydrogen-bond donors (Lipinski definition) is 2. The van der Waals surface area contributed by atoms with Crippen LogP contribution in [0.3, 0.4) is 0 Å². The number of nitrogen functional groups attached to an aromatic ring is 1. The lowest BCUT2D eigenvalue weighted by molar-refractivity contribution is 0.0946. The molecule has 3 N–H and O–H groups in total. The van der Waals surface area contributed by atoms with Gasteiger partial charge >= 0.3 is 0 Å². The first-order valence-electron chi connectivity index (χ1n) is 10.4. The van der Waals surface area contributed by atoms with Crippen molar-refractivity contribution >= 4 is 22.6 Å². The van der Waals surface area contributed by atoms with Crippen LogP contribution in [0, 0.1) is 5.82 Å². The van der Waals surface area contributed by atoms with Gasteiger partial charge < -0.3 is 11.1 Å². The lowest BCUT2D eigenvalue weighted by Gasteiger charge is -2.12. The minimum atomic E-state index is -0.591. The molecule has 0 bridgehead atoms. The van der Waals surface area contributed by atoms with E-state index in [9.17, 15) is 9.18 Å². The molecule has 0 spiro atoms. The summed E-state index contributed by atoms with van der Waals surface area (Å²) in [6, 6.07) is 14.0. The van der Waals surface area contributed by atoms with Crippen molar-refractivity contribution in [1.82, 2.24) is 35.0 Å². The lowest BCUT2D eigenvalue weighted by atomic mass is 10.0. The number of carbonyl (C=O) groups excluding carboxylic acids is 1. The normalized spacial score (nSPS) is 11.0. The molecule has 34 heavy (non-hydrogen) atoms. The number of anilines is 1. The zero-order valence-corrected chi connectivity index (χ0v) is 18.1. The average molecular weight is 454 g/mol. The van der Waals surface area contributed by atoms with Crippen LogP contribution >= 0.6 is 0 Å². The molecule has 5 aromatic rings. The number of pyridine rings is 2. The predicted octanol–water partition coefficient (Wildman–Crippen LogP) is 3.14. The number of carbonyl (C=O) groups is 1. The van der Waals surface area contributed by atoms with E-state index in [1.807, 2.05) is 30.3 Å². The van der Waals surface area contributed by atoms with Gasteiger partial charge in [-0.05, 0) is 36.4 Å². The first-order chi connectivity index (χ1) is 16.5. The zero-order chi connectivity index (χ0) is 23.7. The van der Waals surface area contributed by atoms with Gasteiger partial charge in [0.15, 0.2) is 11.5 Å². The molecule has 1 aromatic carbocycles. The van der Waals surface area contributed by atoms with E-state index in [2.05, 4.69) is 30.4 Å². The molecule has 5 rings (SSSR count). The Balaban J connectivity index is 1.58. The van der Waals surface area contributed by atoms with E-state index in [1.165, 1.54) is 18.3 Å². The topological polar surface area (TPSA) is 124 Å². The van der Waals surface area contributed by atoms with Crippen molar-refractivity contribution in [2.24, 2.45) is 7.05 Å². The van der Waals surface area contributed by atoms with E-state index >= 15 is 0 Å². The van der Waals surface area contributed by atoms with Gasteiger partial charge in [0.1, 0.15) is 17.2 Å². The second-order valence-corrected chi connectivity index (χ2v) is 7.55. The van der Waals surface area contributed by atoms with Crippen molar-refractivity contribution < 1.29 is 9.18 Å². The van der Waals surface area contributed by atoms with Crippen LogP contribution in [0.2, 0.25) is 0 Å². The van der Waals surface area contributed by atoms with E-state index in [0.717, 1.165) is 16.5 Å². The SMILES string of the molecule is Cn1ccc(-c2nc(N)c(C(=O)NCc3ncccc3F)nc2-c2ccc3ncccc3c2)n1. The number of nitrogens with two attached hydrogens (primary N) is 1. The largest absolute Gasteiger partial charge is 0.382 e. The molecule has 0 fully saturated rings. The van der Waals surface area contributed by atoms with E-state index in [0.29, 0.717) is 17.1 Å².